The van der Waals surface area contributed by atoms with E-state index in [0.29, 0.717) is 19.3 Å². The van der Waals surface area contributed by atoms with E-state index in [2.05, 4.69) is 75.5 Å². The molecule has 0 saturated carbocycles. The lowest BCUT2D eigenvalue weighted by molar-refractivity contribution is -0.166. The molecule has 1 atom stereocenters. The van der Waals surface area contributed by atoms with Crippen LogP contribution in [0.2, 0.25) is 0 Å². The molecule has 0 rings (SSSR count). The largest absolute Gasteiger partial charge is 0.462 e. The van der Waals surface area contributed by atoms with E-state index in [1.165, 1.54) is 225 Å². The summed E-state index contributed by atoms with van der Waals surface area (Å²) in [6, 6.07) is 0. The smallest absolute Gasteiger partial charge is 0.306 e. The van der Waals surface area contributed by atoms with E-state index in [0.717, 1.165) is 64.2 Å². The molecule has 0 aliphatic heterocycles. The van der Waals surface area contributed by atoms with Gasteiger partial charge in [0.1, 0.15) is 13.2 Å². The Balaban J connectivity index is 4.24. The molecule has 0 spiro atoms. The van der Waals surface area contributed by atoms with Crippen LogP contribution in [-0.4, -0.2) is 37.2 Å². The molecular weight excluding hydrogens is 913 g/mol. The number of allylic oxidation sites excluding steroid dienone is 10. The molecule has 0 aliphatic carbocycles. The maximum absolute atomic E-state index is 12.9. The molecule has 6 heteroatoms. The van der Waals surface area contributed by atoms with Gasteiger partial charge in [-0.25, -0.2) is 0 Å². The SMILES string of the molecule is CC/C=C\C/C=C\C/C=C\C/C=C\CCC(=O)OCC(COC(=O)CCCCCCCCCCCCCCCCC/C=C\CCCCCCCCCC)OC(=O)CCCCCCCCCCCCCCCCCC. The molecule has 1 unspecified atom stereocenters. The van der Waals surface area contributed by atoms with Crippen LogP contribution < -0.4 is 0 Å². The zero-order chi connectivity index (χ0) is 53.6. The number of carbonyl (C=O) groups excluding carboxylic acids is 3. The van der Waals surface area contributed by atoms with Crippen molar-refractivity contribution >= 4 is 17.9 Å². The van der Waals surface area contributed by atoms with Crippen LogP contribution in [0.4, 0.5) is 0 Å². The molecule has 0 N–H and O–H groups in total. The van der Waals surface area contributed by atoms with Gasteiger partial charge in [-0.3, -0.25) is 14.4 Å². The zero-order valence-electron chi connectivity index (χ0n) is 49.4. The fourth-order valence-electron chi connectivity index (χ4n) is 9.45. The second kappa shape index (κ2) is 62.6. The van der Waals surface area contributed by atoms with Crippen molar-refractivity contribution in [2.75, 3.05) is 13.2 Å². The average Bonchev–Trinajstić information content (AvgIpc) is 3.40. The molecular formula is C68H122O6. The first-order chi connectivity index (χ1) is 36.5. The van der Waals surface area contributed by atoms with Crippen LogP contribution in [0.5, 0.6) is 0 Å². The minimum absolute atomic E-state index is 0.0923. The number of esters is 3. The molecule has 0 aromatic heterocycles. The number of ether oxygens (including phenoxy) is 3. The Morgan fingerprint density at radius 1 is 0.284 bits per heavy atom. The third-order valence-corrected chi connectivity index (χ3v) is 14.3. The molecule has 0 amide bonds. The van der Waals surface area contributed by atoms with Gasteiger partial charge in [0.2, 0.25) is 0 Å². The Labute approximate surface area is 460 Å². The average molecular weight is 1040 g/mol. The quantitative estimate of drug-likeness (QED) is 0.0261. The number of unbranched alkanes of at least 4 members (excludes halogenated alkanes) is 38. The molecule has 430 valence electrons. The van der Waals surface area contributed by atoms with E-state index in [4.69, 9.17) is 14.2 Å². The first-order valence-electron chi connectivity index (χ1n) is 32.3. The topological polar surface area (TPSA) is 78.9 Å². The summed E-state index contributed by atoms with van der Waals surface area (Å²) in [7, 11) is 0. The van der Waals surface area contributed by atoms with Gasteiger partial charge in [-0.1, -0.05) is 306 Å². The summed E-state index contributed by atoms with van der Waals surface area (Å²) in [5.41, 5.74) is 0. The van der Waals surface area contributed by atoms with E-state index in [-0.39, 0.29) is 37.5 Å². The fraction of sp³-hybridized carbons (Fsp3) is 0.809. The van der Waals surface area contributed by atoms with Crippen molar-refractivity contribution in [1.82, 2.24) is 0 Å². The Kier molecular flexibility index (Phi) is 60.2. The maximum atomic E-state index is 12.9. The van der Waals surface area contributed by atoms with E-state index < -0.39 is 6.10 Å². The molecule has 0 aromatic carbocycles. The number of rotatable bonds is 59. The van der Waals surface area contributed by atoms with Crippen molar-refractivity contribution in [1.29, 1.82) is 0 Å². The summed E-state index contributed by atoms with van der Waals surface area (Å²) >= 11 is 0. The van der Waals surface area contributed by atoms with Gasteiger partial charge in [-0.15, -0.1) is 0 Å². The molecule has 0 radical (unpaired) electrons. The lowest BCUT2D eigenvalue weighted by Gasteiger charge is -2.18. The van der Waals surface area contributed by atoms with Crippen molar-refractivity contribution in [2.24, 2.45) is 0 Å². The van der Waals surface area contributed by atoms with Crippen LogP contribution in [0.25, 0.3) is 0 Å². The van der Waals surface area contributed by atoms with E-state index in [9.17, 15) is 14.4 Å². The molecule has 0 aliphatic rings. The van der Waals surface area contributed by atoms with Crippen molar-refractivity contribution in [3.8, 4) is 0 Å². The number of hydrogen-bond acceptors (Lipinski definition) is 6. The van der Waals surface area contributed by atoms with Crippen LogP contribution in [0, 0.1) is 0 Å². The Bertz CT molecular complexity index is 1330. The highest BCUT2D eigenvalue weighted by Crippen LogP contribution is 2.17. The van der Waals surface area contributed by atoms with Gasteiger partial charge in [0.05, 0.1) is 0 Å². The molecule has 0 saturated heterocycles. The van der Waals surface area contributed by atoms with Gasteiger partial charge in [-0.05, 0) is 70.6 Å². The summed E-state index contributed by atoms with van der Waals surface area (Å²) in [6.45, 7) is 6.51. The van der Waals surface area contributed by atoms with Crippen LogP contribution in [0.1, 0.15) is 335 Å². The summed E-state index contributed by atoms with van der Waals surface area (Å²) < 4.78 is 16.8. The van der Waals surface area contributed by atoms with Crippen molar-refractivity contribution in [2.45, 2.75) is 341 Å². The number of carbonyl (C=O) groups is 3. The van der Waals surface area contributed by atoms with Gasteiger partial charge in [0, 0.05) is 19.3 Å². The lowest BCUT2D eigenvalue weighted by Crippen LogP contribution is -2.30. The second-order valence-corrected chi connectivity index (χ2v) is 21.6. The maximum Gasteiger partial charge on any atom is 0.306 e. The highest BCUT2D eigenvalue weighted by Gasteiger charge is 2.19. The summed E-state index contributed by atoms with van der Waals surface area (Å²) in [4.78, 5) is 38.2. The first-order valence-corrected chi connectivity index (χ1v) is 32.3. The minimum atomic E-state index is -0.800. The number of hydrogen-bond donors (Lipinski definition) is 0. The lowest BCUT2D eigenvalue weighted by atomic mass is 10.0. The van der Waals surface area contributed by atoms with Gasteiger partial charge >= 0.3 is 17.9 Å². The zero-order valence-corrected chi connectivity index (χ0v) is 49.4. The van der Waals surface area contributed by atoms with E-state index >= 15 is 0 Å². The fourth-order valence-corrected chi connectivity index (χ4v) is 9.45. The summed E-state index contributed by atoms with van der Waals surface area (Å²) in [5.74, 6) is -0.959. The van der Waals surface area contributed by atoms with Gasteiger partial charge in [0.25, 0.3) is 0 Å². The van der Waals surface area contributed by atoms with Crippen LogP contribution >= 0.6 is 0 Å². The molecule has 0 heterocycles. The van der Waals surface area contributed by atoms with Crippen LogP contribution in [0.3, 0.4) is 0 Å². The molecule has 0 bridgehead atoms. The van der Waals surface area contributed by atoms with Gasteiger partial charge < -0.3 is 14.2 Å². The third-order valence-electron chi connectivity index (χ3n) is 14.3. The Hall–Kier alpha value is -2.89. The second-order valence-electron chi connectivity index (χ2n) is 21.6. The standard InChI is InChI=1S/C68H122O6/c1-4-7-10-13-16-19-22-25-27-29-30-31-32-33-34-35-36-37-38-39-41-43-46-49-52-55-58-61-67(70)73-64-65(63-72-66(69)60-57-54-51-48-45-42-24-21-18-15-12-9-6-3)74-68(71)62-59-56-53-50-47-44-40-28-26-23-20-17-14-11-8-5-2/h9,12,18,21,29-30,42,45,51,54,65H,4-8,10-11,13-17,19-20,22-28,31-41,43-44,46-50,52-53,55-64H2,1-3H3/b12-9-,21-18-,30-29-,45-42-,54-51-. The first kappa shape index (κ1) is 71.1. The highest BCUT2D eigenvalue weighted by molar-refractivity contribution is 5.71. The normalized spacial score (nSPS) is 12.4. The Morgan fingerprint density at radius 2 is 0.554 bits per heavy atom. The minimum Gasteiger partial charge on any atom is -0.462 e. The van der Waals surface area contributed by atoms with Crippen LogP contribution in [0.15, 0.2) is 60.8 Å². The predicted molar refractivity (Wildman–Crippen MR) is 321 cm³/mol. The van der Waals surface area contributed by atoms with Crippen LogP contribution in [-0.2, 0) is 28.6 Å². The molecule has 74 heavy (non-hydrogen) atoms. The van der Waals surface area contributed by atoms with Gasteiger partial charge in [-0.2, -0.15) is 0 Å². The molecule has 0 aromatic rings. The highest BCUT2D eigenvalue weighted by atomic mass is 16.6. The molecule has 6 nitrogen and oxygen atoms in total. The monoisotopic (exact) mass is 1030 g/mol. The third kappa shape index (κ3) is 60.0. The van der Waals surface area contributed by atoms with Crippen molar-refractivity contribution in [3.05, 3.63) is 60.8 Å². The summed E-state index contributed by atoms with van der Waals surface area (Å²) in [5, 5.41) is 0. The summed E-state index contributed by atoms with van der Waals surface area (Å²) in [6.07, 6.45) is 79.7. The van der Waals surface area contributed by atoms with Crippen molar-refractivity contribution < 1.29 is 28.6 Å². The van der Waals surface area contributed by atoms with E-state index in [1.54, 1.807) is 0 Å². The van der Waals surface area contributed by atoms with Gasteiger partial charge in [0.15, 0.2) is 6.10 Å². The van der Waals surface area contributed by atoms with E-state index in [1.807, 2.05) is 6.08 Å². The van der Waals surface area contributed by atoms with Crippen molar-refractivity contribution in [3.63, 3.8) is 0 Å². The Morgan fingerprint density at radius 3 is 0.905 bits per heavy atom. The molecule has 0 fully saturated rings. The predicted octanol–water partition coefficient (Wildman–Crippen LogP) is 21.9.